The van der Waals surface area contributed by atoms with Gasteiger partial charge in [-0.1, -0.05) is 24.3 Å². The maximum atomic E-state index is 10.7. The Bertz CT molecular complexity index is 436. The van der Waals surface area contributed by atoms with Gasteiger partial charge in [-0.2, -0.15) is 11.8 Å². The Balaban J connectivity index is 2.56. The van der Waals surface area contributed by atoms with Gasteiger partial charge in [0.1, 0.15) is 6.04 Å². The summed E-state index contributed by atoms with van der Waals surface area (Å²) in [6.45, 7) is 0. The number of carbonyl (C=O) groups is 2. The lowest BCUT2D eigenvalue weighted by atomic mass is 10.1. The van der Waals surface area contributed by atoms with E-state index >= 15 is 0 Å². The summed E-state index contributed by atoms with van der Waals surface area (Å²) in [5, 5.41) is 17.4. The average molecular weight is 269 g/mol. The topological polar surface area (TPSA) is 101 Å². The molecule has 1 aromatic carbocycles. The number of hydrogen-bond donors (Lipinski definition) is 3. The number of thioether (sulfide) groups is 1. The minimum Gasteiger partial charge on any atom is -0.481 e. The average Bonchev–Trinajstić information content (AvgIpc) is 2.30. The van der Waals surface area contributed by atoms with Crippen LogP contribution in [-0.4, -0.2) is 33.9 Å². The molecule has 0 fully saturated rings. The molecule has 0 bridgehead atoms. The molecule has 1 aromatic rings. The Morgan fingerprint density at radius 2 is 1.83 bits per heavy atom. The molecule has 5 nitrogen and oxygen atoms in total. The summed E-state index contributed by atoms with van der Waals surface area (Å²) >= 11 is 1.39. The molecule has 1 rings (SSSR count). The minimum absolute atomic E-state index is 0.0261. The standard InChI is InChI=1S/C12H15NO4S/c13-10(12(16)17)7-18-6-9-4-2-1-3-8(9)5-11(14)15/h1-4,10H,5-7,13H2,(H,14,15)(H,16,17)/t10-/m0/s1. The number of rotatable bonds is 7. The van der Waals surface area contributed by atoms with Gasteiger partial charge in [0.25, 0.3) is 0 Å². The van der Waals surface area contributed by atoms with Gasteiger partial charge in [0.15, 0.2) is 0 Å². The van der Waals surface area contributed by atoms with Crippen molar-refractivity contribution in [1.29, 1.82) is 0 Å². The first-order chi connectivity index (χ1) is 8.50. The molecule has 0 aromatic heterocycles. The number of hydrogen-bond acceptors (Lipinski definition) is 4. The molecule has 0 saturated heterocycles. The molecule has 6 heteroatoms. The minimum atomic E-state index is -1.03. The molecule has 0 heterocycles. The molecule has 0 spiro atoms. The highest BCUT2D eigenvalue weighted by atomic mass is 32.2. The lowest BCUT2D eigenvalue weighted by molar-refractivity contribution is -0.138. The van der Waals surface area contributed by atoms with Gasteiger partial charge in [0, 0.05) is 11.5 Å². The Morgan fingerprint density at radius 3 is 2.39 bits per heavy atom. The second-order valence-corrected chi connectivity index (χ2v) is 4.83. The first kappa shape index (κ1) is 14.5. The van der Waals surface area contributed by atoms with Crippen LogP contribution in [0.1, 0.15) is 11.1 Å². The van der Waals surface area contributed by atoms with Crippen molar-refractivity contribution in [3.8, 4) is 0 Å². The summed E-state index contributed by atoms with van der Waals surface area (Å²) in [7, 11) is 0. The quantitative estimate of drug-likeness (QED) is 0.681. The predicted octanol–water partition coefficient (Wildman–Crippen LogP) is 0.959. The van der Waals surface area contributed by atoms with Gasteiger partial charge in [-0.3, -0.25) is 9.59 Å². The van der Waals surface area contributed by atoms with Crippen molar-refractivity contribution in [2.24, 2.45) is 5.73 Å². The Hall–Kier alpha value is -1.53. The Morgan fingerprint density at radius 1 is 1.22 bits per heavy atom. The zero-order chi connectivity index (χ0) is 13.5. The number of nitrogens with two attached hydrogens (primary N) is 1. The molecule has 1 atom stereocenters. The SMILES string of the molecule is N[C@@H](CSCc1ccccc1CC(=O)O)C(=O)O. The summed E-state index contributed by atoms with van der Waals surface area (Å²) < 4.78 is 0. The third-order valence-electron chi connectivity index (χ3n) is 2.33. The van der Waals surface area contributed by atoms with Crippen molar-refractivity contribution < 1.29 is 19.8 Å². The van der Waals surface area contributed by atoms with Crippen LogP contribution in [0.15, 0.2) is 24.3 Å². The lowest BCUT2D eigenvalue weighted by Crippen LogP contribution is -2.32. The molecule has 0 aliphatic rings. The van der Waals surface area contributed by atoms with Crippen LogP contribution in [0.5, 0.6) is 0 Å². The van der Waals surface area contributed by atoms with E-state index in [-0.39, 0.29) is 6.42 Å². The van der Waals surface area contributed by atoms with Gasteiger partial charge < -0.3 is 15.9 Å². The second kappa shape index (κ2) is 7.03. The van der Waals surface area contributed by atoms with Crippen LogP contribution < -0.4 is 5.73 Å². The van der Waals surface area contributed by atoms with Crippen LogP contribution in [0.3, 0.4) is 0 Å². The predicted molar refractivity (Wildman–Crippen MR) is 69.6 cm³/mol. The van der Waals surface area contributed by atoms with Gasteiger partial charge in [-0.25, -0.2) is 0 Å². The van der Waals surface area contributed by atoms with Gasteiger partial charge in [-0.15, -0.1) is 0 Å². The summed E-state index contributed by atoms with van der Waals surface area (Å²) in [4.78, 5) is 21.2. The Labute approximate surface area is 109 Å². The zero-order valence-electron chi connectivity index (χ0n) is 9.70. The number of carboxylic acid groups (broad SMARTS) is 2. The fraction of sp³-hybridized carbons (Fsp3) is 0.333. The van der Waals surface area contributed by atoms with Crippen LogP contribution in [0, 0.1) is 0 Å². The molecular formula is C12H15NO4S. The fourth-order valence-corrected chi connectivity index (χ4v) is 2.42. The van der Waals surface area contributed by atoms with Gasteiger partial charge in [-0.05, 0) is 11.1 Å². The van der Waals surface area contributed by atoms with Gasteiger partial charge >= 0.3 is 11.9 Å². The first-order valence-corrected chi connectivity index (χ1v) is 6.51. The third kappa shape index (κ3) is 4.77. The molecule has 0 amide bonds. The molecule has 0 saturated carbocycles. The van der Waals surface area contributed by atoms with E-state index in [0.29, 0.717) is 11.5 Å². The van der Waals surface area contributed by atoms with Crippen LogP contribution in [0.2, 0.25) is 0 Å². The monoisotopic (exact) mass is 269 g/mol. The Kier molecular flexibility index (Phi) is 5.67. The molecular weight excluding hydrogens is 254 g/mol. The van der Waals surface area contributed by atoms with Crippen molar-refractivity contribution >= 4 is 23.7 Å². The van der Waals surface area contributed by atoms with Crippen molar-refractivity contribution in [3.63, 3.8) is 0 Å². The molecule has 0 aliphatic carbocycles. The van der Waals surface area contributed by atoms with Crippen molar-refractivity contribution in [2.45, 2.75) is 18.2 Å². The van der Waals surface area contributed by atoms with Crippen molar-refractivity contribution in [3.05, 3.63) is 35.4 Å². The van der Waals surface area contributed by atoms with E-state index in [1.807, 2.05) is 12.1 Å². The number of carboxylic acids is 2. The zero-order valence-corrected chi connectivity index (χ0v) is 10.5. The maximum Gasteiger partial charge on any atom is 0.321 e. The number of aliphatic carboxylic acids is 2. The highest BCUT2D eigenvalue weighted by Crippen LogP contribution is 2.17. The van der Waals surface area contributed by atoms with E-state index in [9.17, 15) is 9.59 Å². The highest BCUT2D eigenvalue weighted by molar-refractivity contribution is 7.98. The van der Waals surface area contributed by atoms with E-state index < -0.39 is 18.0 Å². The molecule has 0 radical (unpaired) electrons. The molecule has 98 valence electrons. The van der Waals surface area contributed by atoms with E-state index in [0.717, 1.165) is 11.1 Å². The van der Waals surface area contributed by atoms with E-state index in [4.69, 9.17) is 15.9 Å². The highest BCUT2D eigenvalue weighted by Gasteiger charge is 2.12. The van der Waals surface area contributed by atoms with E-state index in [1.54, 1.807) is 12.1 Å². The smallest absolute Gasteiger partial charge is 0.321 e. The molecule has 0 aliphatic heterocycles. The molecule has 18 heavy (non-hydrogen) atoms. The van der Waals surface area contributed by atoms with E-state index in [1.165, 1.54) is 11.8 Å². The normalized spacial score (nSPS) is 12.1. The van der Waals surface area contributed by atoms with Crippen molar-refractivity contribution in [1.82, 2.24) is 0 Å². The van der Waals surface area contributed by atoms with E-state index in [2.05, 4.69) is 0 Å². The third-order valence-corrected chi connectivity index (χ3v) is 3.44. The largest absolute Gasteiger partial charge is 0.481 e. The fourth-order valence-electron chi connectivity index (χ4n) is 1.40. The summed E-state index contributed by atoms with van der Waals surface area (Å²) in [5.74, 6) is -1.04. The van der Waals surface area contributed by atoms with Gasteiger partial charge in [0.05, 0.1) is 6.42 Å². The number of benzene rings is 1. The maximum absolute atomic E-state index is 10.7. The summed E-state index contributed by atoms with van der Waals surface area (Å²) in [6.07, 6.45) is -0.0261. The van der Waals surface area contributed by atoms with Crippen LogP contribution >= 0.6 is 11.8 Å². The molecule has 0 unspecified atom stereocenters. The first-order valence-electron chi connectivity index (χ1n) is 5.35. The van der Waals surface area contributed by atoms with Crippen molar-refractivity contribution in [2.75, 3.05) is 5.75 Å². The summed E-state index contributed by atoms with van der Waals surface area (Å²) in [6, 6.07) is 6.34. The molecule has 4 N–H and O–H groups in total. The van der Waals surface area contributed by atoms with Crippen LogP contribution in [-0.2, 0) is 21.8 Å². The van der Waals surface area contributed by atoms with Crippen LogP contribution in [0.25, 0.3) is 0 Å². The lowest BCUT2D eigenvalue weighted by Gasteiger charge is -2.09. The van der Waals surface area contributed by atoms with Crippen LogP contribution in [0.4, 0.5) is 0 Å². The van der Waals surface area contributed by atoms with Gasteiger partial charge in [0.2, 0.25) is 0 Å². The summed E-state index contributed by atoms with van der Waals surface area (Å²) in [5.41, 5.74) is 7.04. The second-order valence-electron chi connectivity index (χ2n) is 3.80.